The molecule has 1 fully saturated rings. The molecule has 8 heteroatoms. The van der Waals surface area contributed by atoms with Crippen molar-refractivity contribution in [2.75, 3.05) is 24.5 Å². The first-order valence-electron chi connectivity index (χ1n) is 5.23. The van der Waals surface area contributed by atoms with Crippen molar-refractivity contribution in [3.05, 3.63) is 12.4 Å². The van der Waals surface area contributed by atoms with Crippen LogP contribution in [0.1, 0.15) is 6.42 Å². The van der Waals surface area contributed by atoms with Gasteiger partial charge in [-0.05, 0) is 0 Å². The van der Waals surface area contributed by atoms with Crippen LogP contribution in [0.25, 0.3) is 0 Å². The number of alkyl halides is 3. The molecule has 0 saturated carbocycles. The van der Waals surface area contributed by atoms with Gasteiger partial charge in [0.05, 0.1) is 18.8 Å². The summed E-state index contributed by atoms with van der Waals surface area (Å²) >= 11 is 0. The summed E-state index contributed by atoms with van der Waals surface area (Å²) in [6.07, 6.45) is -2.09. The maximum Gasteiger partial charge on any atom is 0.390 e. The van der Waals surface area contributed by atoms with E-state index in [2.05, 4.69) is 20.5 Å². The van der Waals surface area contributed by atoms with Crippen molar-refractivity contribution in [2.45, 2.75) is 18.6 Å². The minimum atomic E-state index is -4.16. The SMILES string of the molecule is FC(F)(F)CC1CN(c2nccnn2)CCN1. The Morgan fingerprint density at radius 1 is 1.41 bits per heavy atom. The standard InChI is InChI=1S/C9H12F3N5/c10-9(11,12)5-7-6-17(4-3-13-7)8-14-1-2-15-16-8/h1-2,7,13H,3-6H2. The van der Waals surface area contributed by atoms with Gasteiger partial charge in [-0.25, -0.2) is 4.98 Å². The van der Waals surface area contributed by atoms with Crippen LogP contribution < -0.4 is 10.2 Å². The van der Waals surface area contributed by atoms with Gasteiger partial charge >= 0.3 is 6.18 Å². The molecule has 17 heavy (non-hydrogen) atoms. The van der Waals surface area contributed by atoms with Crippen LogP contribution in [0.4, 0.5) is 19.1 Å². The zero-order valence-electron chi connectivity index (χ0n) is 8.98. The van der Waals surface area contributed by atoms with Crippen LogP contribution >= 0.6 is 0 Å². The fraction of sp³-hybridized carbons (Fsp3) is 0.667. The lowest BCUT2D eigenvalue weighted by Crippen LogP contribution is -2.52. The van der Waals surface area contributed by atoms with Gasteiger partial charge in [-0.2, -0.15) is 18.3 Å². The van der Waals surface area contributed by atoms with Gasteiger partial charge < -0.3 is 10.2 Å². The maximum absolute atomic E-state index is 12.3. The predicted molar refractivity (Wildman–Crippen MR) is 54.5 cm³/mol. The van der Waals surface area contributed by atoms with Gasteiger partial charge in [0.15, 0.2) is 0 Å². The Kier molecular flexibility index (Phi) is 3.41. The molecular weight excluding hydrogens is 235 g/mol. The van der Waals surface area contributed by atoms with Crippen LogP contribution in [0.3, 0.4) is 0 Å². The van der Waals surface area contributed by atoms with Crippen LogP contribution in [-0.4, -0.2) is 47.0 Å². The molecule has 0 aliphatic carbocycles. The van der Waals surface area contributed by atoms with Crippen molar-refractivity contribution >= 4 is 5.95 Å². The molecule has 94 valence electrons. The summed E-state index contributed by atoms with van der Waals surface area (Å²) in [7, 11) is 0. The largest absolute Gasteiger partial charge is 0.390 e. The molecule has 0 aromatic carbocycles. The third-order valence-electron chi connectivity index (χ3n) is 2.49. The molecular formula is C9H12F3N5. The van der Waals surface area contributed by atoms with Crippen LogP contribution in [0.5, 0.6) is 0 Å². The third kappa shape index (κ3) is 3.52. The number of halogens is 3. The van der Waals surface area contributed by atoms with Crippen molar-refractivity contribution in [3.8, 4) is 0 Å². The van der Waals surface area contributed by atoms with Crippen LogP contribution in [-0.2, 0) is 0 Å². The molecule has 1 aromatic rings. The average molecular weight is 247 g/mol. The Morgan fingerprint density at radius 2 is 2.24 bits per heavy atom. The summed E-state index contributed by atoms with van der Waals surface area (Å²) in [6.45, 7) is 1.31. The maximum atomic E-state index is 12.3. The smallest absolute Gasteiger partial charge is 0.337 e. The fourth-order valence-corrected chi connectivity index (χ4v) is 1.81. The minimum Gasteiger partial charge on any atom is -0.337 e. The number of aromatic nitrogens is 3. The Bertz CT molecular complexity index is 355. The average Bonchev–Trinajstić information content (AvgIpc) is 2.28. The third-order valence-corrected chi connectivity index (χ3v) is 2.49. The second kappa shape index (κ2) is 4.82. The first kappa shape index (κ1) is 12.0. The molecule has 1 aromatic heterocycles. The number of anilines is 1. The van der Waals surface area contributed by atoms with Crippen molar-refractivity contribution in [1.29, 1.82) is 0 Å². The van der Waals surface area contributed by atoms with E-state index in [-0.39, 0.29) is 6.54 Å². The van der Waals surface area contributed by atoms with E-state index in [0.717, 1.165) is 0 Å². The predicted octanol–water partition coefficient (Wildman–Crippen LogP) is 0.602. The molecule has 0 radical (unpaired) electrons. The van der Waals surface area contributed by atoms with Gasteiger partial charge in [-0.1, -0.05) is 0 Å². The molecule has 1 N–H and O–H groups in total. The molecule has 1 saturated heterocycles. The van der Waals surface area contributed by atoms with E-state index in [1.54, 1.807) is 4.90 Å². The molecule has 0 bridgehead atoms. The molecule has 1 atom stereocenters. The number of piperazine rings is 1. The Hall–Kier alpha value is -1.44. The highest BCUT2D eigenvalue weighted by Crippen LogP contribution is 2.23. The molecule has 0 amide bonds. The van der Waals surface area contributed by atoms with Gasteiger partial charge in [-0.3, -0.25) is 0 Å². The van der Waals surface area contributed by atoms with E-state index < -0.39 is 18.6 Å². The molecule has 1 aliphatic rings. The van der Waals surface area contributed by atoms with Crippen LogP contribution in [0.2, 0.25) is 0 Å². The molecule has 5 nitrogen and oxygen atoms in total. The van der Waals surface area contributed by atoms with Gasteiger partial charge in [0, 0.05) is 25.7 Å². The monoisotopic (exact) mass is 247 g/mol. The van der Waals surface area contributed by atoms with Crippen molar-refractivity contribution in [3.63, 3.8) is 0 Å². The normalized spacial score (nSPS) is 21.6. The van der Waals surface area contributed by atoms with Gasteiger partial charge in [-0.15, -0.1) is 5.10 Å². The number of rotatable bonds is 2. The van der Waals surface area contributed by atoms with Gasteiger partial charge in [0.2, 0.25) is 5.95 Å². The van der Waals surface area contributed by atoms with E-state index >= 15 is 0 Å². The lowest BCUT2D eigenvalue weighted by atomic mass is 10.1. The van der Waals surface area contributed by atoms with E-state index in [1.807, 2.05) is 0 Å². The minimum absolute atomic E-state index is 0.241. The van der Waals surface area contributed by atoms with Gasteiger partial charge in [0.25, 0.3) is 0 Å². The van der Waals surface area contributed by atoms with Gasteiger partial charge in [0.1, 0.15) is 0 Å². The highest BCUT2D eigenvalue weighted by atomic mass is 19.4. The van der Waals surface area contributed by atoms with Crippen molar-refractivity contribution < 1.29 is 13.2 Å². The number of hydrogen-bond acceptors (Lipinski definition) is 5. The highest BCUT2D eigenvalue weighted by Gasteiger charge is 2.34. The summed E-state index contributed by atoms with van der Waals surface area (Å²) in [5.41, 5.74) is 0. The van der Waals surface area contributed by atoms with Crippen molar-refractivity contribution in [1.82, 2.24) is 20.5 Å². The molecule has 1 unspecified atom stereocenters. The summed E-state index contributed by atoms with van der Waals surface area (Å²) in [5, 5.41) is 10.3. The Balaban J connectivity index is 1.98. The first-order chi connectivity index (χ1) is 8.04. The van der Waals surface area contributed by atoms with E-state index in [0.29, 0.717) is 19.0 Å². The number of nitrogens with one attached hydrogen (secondary N) is 1. The van der Waals surface area contributed by atoms with E-state index in [9.17, 15) is 13.2 Å². The number of hydrogen-bond donors (Lipinski definition) is 1. The molecule has 0 spiro atoms. The molecule has 1 aliphatic heterocycles. The van der Waals surface area contributed by atoms with E-state index in [4.69, 9.17) is 0 Å². The lowest BCUT2D eigenvalue weighted by molar-refractivity contribution is -0.139. The quantitative estimate of drug-likeness (QED) is 0.829. The zero-order chi connectivity index (χ0) is 12.3. The second-order valence-electron chi connectivity index (χ2n) is 3.86. The summed E-state index contributed by atoms with van der Waals surface area (Å²) < 4.78 is 36.8. The van der Waals surface area contributed by atoms with Crippen LogP contribution in [0, 0.1) is 0 Å². The topological polar surface area (TPSA) is 53.9 Å². The Morgan fingerprint density at radius 3 is 2.88 bits per heavy atom. The number of nitrogens with zero attached hydrogens (tertiary/aromatic N) is 4. The fourth-order valence-electron chi connectivity index (χ4n) is 1.81. The first-order valence-corrected chi connectivity index (χ1v) is 5.23. The Labute approximate surface area is 96.0 Å². The summed E-state index contributed by atoms with van der Waals surface area (Å²) in [6, 6.07) is -0.618. The molecule has 2 heterocycles. The second-order valence-corrected chi connectivity index (χ2v) is 3.86. The van der Waals surface area contributed by atoms with Crippen LogP contribution in [0.15, 0.2) is 12.4 Å². The zero-order valence-corrected chi connectivity index (χ0v) is 8.98. The summed E-state index contributed by atoms with van der Waals surface area (Å²) in [4.78, 5) is 5.68. The lowest BCUT2D eigenvalue weighted by Gasteiger charge is -2.33. The summed E-state index contributed by atoms with van der Waals surface area (Å²) in [5.74, 6) is 0.376. The van der Waals surface area contributed by atoms with E-state index in [1.165, 1.54) is 12.4 Å². The molecule has 2 rings (SSSR count). The highest BCUT2D eigenvalue weighted by molar-refractivity contribution is 5.28. The van der Waals surface area contributed by atoms with Crippen molar-refractivity contribution in [2.24, 2.45) is 0 Å².